The van der Waals surface area contributed by atoms with Crippen molar-refractivity contribution in [3.8, 4) is 0 Å². The molecule has 1 aromatic heterocycles. The highest BCUT2D eigenvalue weighted by Gasteiger charge is 2.33. The Morgan fingerprint density at radius 1 is 1.50 bits per heavy atom. The molecule has 2 N–H and O–H groups in total. The Balaban J connectivity index is 3.20. The topological polar surface area (TPSA) is 56.0 Å². The van der Waals surface area contributed by atoms with Crippen molar-refractivity contribution in [2.75, 3.05) is 0 Å². The van der Waals surface area contributed by atoms with Gasteiger partial charge in [0.05, 0.1) is 10.6 Å². The largest absolute Gasteiger partial charge is 0.433 e. The molecule has 7 heteroatoms. The summed E-state index contributed by atoms with van der Waals surface area (Å²) in [7, 11) is 0. The third-order valence-corrected chi connectivity index (χ3v) is 1.72. The third-order valence-electron chi connectivity index (χ3n) is 1.41. The van der Waals surface area contributed by atoms with Gasteiger partial charge < -0.3 is 5.73 Å². The van der Waals surface area contributed by atoms with Crippen molar-refractivity contribution in [1.29, 1.82) is 0 Å². The van der Waals surface area contributed by atoms with Crippen LogP contribution in [0.2, 0.25) is 5.02 Å². The molecule has 1 amide bonds. The molecule has 0 fully saturated rings. The molecular formula is C7H4ClF3N2O. The lowest BCUT2D eigenvalue weighted by Gasteiger charge is -2.06. The van der Waals surface area contributed by atoms with Gasteiger partial charge in [-0.15, -0.1) is 0 Å². The Hall–Kier alpha value is -1.30. The van der Waals surface area contributed by atoms with Crippen molar-refractivity contribution in [3.63, 3.8) is 0 Å². The van der Waals surface area contributed by atoms with Crippen molar-refractivity contribution in [2.45, 2.75) is 6.18 Å². The number of alkyl halides is 3. The summed E-state index contributed by atoms with van der Waals surface area (Å²) in [5, 5.41) is -0.361. The molecule has 3 nitrogen and oxygen atoms in total. The smallest absolute Gasteiger partial charge is 0.366 e. The monoisotopic (exact) mass is 224 g/mol. The van der Waals surface area contributed by atoms with Crippen LogP contribution in [-0.2, 0) is 6.18 Å². The zero-order valence-corrected chi connectivity index (χ0v) is 7.36. The SMILES string of the molecule is NC(=O)c1cnc(C(F)(F)F)cc1Cl. The number of aromatic nitrogens is 1. The summed E-state index contributed by atoms with van der Waals surface area (Å²) in [6, 6.07) is 0.557. The molecule has 76 valence electrons. The van der Waals surface area contributed by atoms with E-state index in [1.807, 2.05) is 0 Å². The average Bonchev–Trinajstić information content (AvgIpc) is 2.01. The van der Waals surface area contributed by atoms with Crippen LogP contribution >= 0.6 is 11.6 Å². The van der Waals surface area contributed by atoms with Crippen molar-refractivity contribution < 1.29 is 18.0 Å². The van der Waals surface area contributed by atoms with Gasteiger partial charge in [-0.3, -0.25) is 9.78 Å². The van der Waals surface area contributed by atoms with Crippen LogP contribution in [0.5, 0.6) is 0 Å². The summed E-state index contributed by atoms with van der Waals surface area (Å²) in [5.41, 5.74) is 3.43. The number of halogens is 4. The van der Waals surface area contributed by atoms with Gasteiger partial charge in [0.25, 0.3) is 5.91 Å². The summed E-state index contributed by atoms with van der Waals surface area (Å²) >= 11 is 5.39. The van der Waals surface area contributed by atoms with Crippen LogP contribution in [0.15, 0.2) is 12.3 Å². The Kier molecular flexibility index (Phi) is 2.66. The molecule has 0 atom stereocenters. The van der Waals surface area contributed by atoms with Crippen molar-refractivity contribution in [3.05, 3.63) is 28.5 Å². The Labute approximate surface area is 81.7 Å². The second-order valence-electron chi connectivity index (χ2n) is 2.41. The Morgan fingerprint density at radius 2 is 2.07 bits per heavy atom. The predicted octanol–water partition coefficient (Wildman–Crippen LogP) is 1.85. The van der Waals surface area contributed by atoms with Gasteiger partial charge in [0.15, 0.2) is 0 Å². The normalized spacial score (nSPS) is 11.4. The number of pyridine rings is 1. The predicted molar refractivity (Wildman–Crippen MR) is 42.8 cm³/mol. The molecule has 0 bridgehead atoms. The number of hydrogen-bond acceptors (Lipinski definition) is 2. The summed E-state index contributed by atoms with van der Waals surface area (Å²) < 4.78 is 36.2. The van der Waals surface area contributed by atoms with E-state index in [2.05, 4.69) is 4.98 Å². The fraction of sp³-hybridized carbons (Fsp3) is 0.143. The average molecular weight is 225 g/mol. The summed E-state index contributed by atoms with van der Waals surface area (Å²) in [4.78, 5) is 13.6. The summed E-state index contributed by atoms with van der Waals surface area (Å²) in [5.74, 6) is -0.920. The lowest BCUT2D eigenvalue weighted by molar-refractivity contribution is -0.141. The summed E-state index contributed by atoms with van der Waals surface area (Å²) in [6.07, 6.45) is -3.88. The molecule has 0 radical (unpaired) electrons. The molecule has 1 rings (SSSR count). The lowest BCUT2D eigenvalue weighted by Crippen LogP contribution is -2.14. The molecule has 0 aliphatic carbocycles. The van der Waals surface area contributed by atoms with Gasteiger partial charge in [0.1, 0.15) is 5.69 Å². The highest BCUT2D eigenvalue weighted by Crippen LogP contribution is 2.29. The van der Waals surface area contributed by atoms with Crippen LogP contribution in [-0.4, -0.2) is 10.9 Å². The second-order valence-corrected chi connectivity index (χ2v) is 2.82. The van der Waals surface area contributed by atoms with Gasteiger partial charge in [0, 0.05) is 6.20 Å². The lowest BCUT2D eigenvalue weighted by atomic mass is 10.2. The van der Waals surface area contributed by atoms with Crippen LogP contribution < -0.4 is 5.73 Å². The van der Waals surface area contributed by atoms with E-state index in [0.717, 1.165) is 0 Å². The zero-order valence-electron chi connectivity index (χ0n) is 6.60. The number of primary amides is 1. The molecule has 0 aliphatic heterocycles. The molecule has 0 saturated heterocycles. The molecule has 1 aromatic rings. The van der Waals surface area contributed by atoms with Crippen molar-refractivity contribution in [1.82, 2.24) is 4.98 Å². The van der Waals surface area contributed by atoms with E-state index in [9.17, 15) is 18.0 Å². The van der Waals surface area contributed by atoms with Crippen LogP contribution in [0.1, 0.15) is 16.1 Å². The van der Waals surface area contributed by atoms with E-state index in [4.69, 9.17) is 17.3 Å². The highest BCUT2D eigenvalue weighted by atomic mass is 35.5. The number of hydrogen-bond donors (Lipinski definition) is 1. The standard InChI is InChI=1S/C7H4ClF3N2O/c8-4-1-5(7(9,10)11)13-2-3(4)6(12)14/h1-2H,(H2,12,14). The van der Waals surface area contributed by atoms with Crippen LogP contribution in [0, 0.1) is 0 Å². The highest BCUT2D eigenvalue weighted by molar-refractivity contribution is 6.33. The van der Waals surface area contributed by atoms with E-state index in [1.165, 1.54) is 0 Å². The molecule has 0 aliphatic rings. The first kappa shape index (κ1) is 10.8. The van der Waals surface area contributed by atoms with Gasteiger partial charge in [-0.1, -0.05) is 11.6 Å². The molecule has 1 heterocycles. The molecular weight excluding hydrogens is 221 g/mol. The number of rotatable bonds is 1. The number of carbonyl (C=O) groups is 1. The maximum absolute atomic E-state index is 12.1. The van der Waals surface area contributed by atoms with Gasteiger partial charge in [-0.2, -0.15) is 13.2 Å². The second kappa shape index (κ2) is 3.45. The molecule has 0 unspecified atom stereocenters. The maximum Gasteiger partial charge on any atom is 0.433 e. The van der Waals surface area contributed by atoms with E-state index in [1.54, 1.807) is 0 Å². The van der Waals surface area contributed by atoms with Gasteiger partial charge in [-0.25, -0.2) is 0 Å². The number of amides is 1. The fourth-order valence-corrected chi connectivity index (χ4v) is 1.01. The van der Waals surface area contributed by atoms with Crippen LogP contribution in [0.3, 0.4) is 0 Å². The molecule has 0 saturated carbocycles. The third kappa shape index (κ3) is 2.14. The summed E-state index contributed by atoms with van der Waals surface area (Å²) in [6.45, 7) is 0. The minimum atomic E-state index is -4.58. The number of nitrogens with two attached hydrogens (primary N) is 1. The first-order chi connectivity index (χ1) is 6.32. The first-order valence-corrected chi connectivity index (χ1v) is 3.72. The number of carbonyl (C=O) groups excluding carboxylic acids is 1. The fourth-order valence-electron chi connectivity index (χ4n) is 0.767. The minimum absolute atomic E-state index is 0.236. The van der Waals surface area contributed by atoms with E-state index >= 15 is 0 Å². The Bertz CT molecular complexity index is 378. The first-order valence-electron chi connectivity index (χ1n) is 3.35. The maximum atomic E-state index is 12.1. The minimum Gasteiger partial charge on any atom is -0.366 e. The van der Waals surface area contributed by atoms with Crippen molar-refractivity contribution in [2.24, 2.45) is 5.73 Å². The van der Waals surface area contributed by atoms with Crippen LogP contribution in [0.25, 0.3) is 0 Å². The zero-order chi connectivity index (χ0) is 10.9. The van der Waals surface area contributed by atoms with Crippen LogP contribution in [0.4, 0.5) is 13.2 Å². The van der Waals surface area contributed by atoms with E-state index in [0.29, 0.717) is 12.3 Å². The molecule has 14 heavy (non-hydrogen) atoms. The van der Waals surface area contributed by atoms with Gasteiger partial charge >= 0.3 is 6.18 Å². The van der Waals surface area contributed by atoms with Crippen molar-refractivity contribution >= 4 is 17.5 Å². The number of nitrogens with zero attached hydrogens (tertiary/aromatic N) is 1. The quantitative estimate of drug-likeness (QED) is 0.792. The van der Waals surface area contributed by atoms with Gasteiger partial charge in [0.2, 0.25) is 0 Å². The Morgan fingerprint density at radius 3 is 2.43 bits per heavy atom. The van der Waals surface area contributed by atoms with E-state index in [-0.39, 0.29) is 10.6 Å². The van der Waals surface area contributed by atoms with Gasteiger partial charge in [-0.05, 0) is 6.07 Å². The molecule has 0 spiro atoms. The molecule has 0 aromatic carbocycles. The van der Waals surface area contributed by atoms with E-state index < -0.39 is 17.8 Å².